The number of halogens is 1. The van der Waals surface area contributed by atoms with Crippen LogP contribution in [0.5, 0.6) is 0 Å². The third-order valence-corrected chi connectivity index (χ3v) is 7.41. The van der Waals surface area contributed by atoms with Gasteiger partial charge in [0.25, 0.3) is 5.91 Å². The lowest BCUT2D eigenvalue weighted by Crippen LogP contribution is -2.56. The zero-order valence-electron chi connectivity index (χ0n) is 17.1. The zero-order chi connectivity index (χ0) is 20.4. The number of rotatable bonds is 7. The maximum absolute atomic E-state index is 13.2. The van der Waals surface area contributed by atoms with E-state index < -0.39 is 0 Å². The molecule has 5 heteroatoms. The molecule has 1 aromatic carbocycles. The Kier molecular flexibility index (Phi) is 5.63. The monoisotopic (exact) mass is 395 g/mol. The second kappa shape index (κ2) is 8.18. The average Bonchev–Trinajstić information content (AvgIpc) is 2.67. The van der Waals surface area contributed by atoms with Crippen molar-refractivity contribution >= 4 is 5.91 Å². The molecular weight excluding hydrogens is 365 g/mol. The van der Waals surface area contributed by atoms with E-state index in [1.807, 2.05) is 12.1 Å². The van der Waals surface area contributed by atoms with E-state index in [2.05, 4.69) is 17.6 Å². The van der Waals surface area contributed by atoms with Gasteiger partial charge in [-0.15, -0.1) is 0 Å². The topological polar surface area (TPSA) is 64.9 Å². The first-order chi connectivity index (χ1) is 14.0. The highest BCUT2D eigenvalue weighted by atomic mass is 19.1. The van der Waals surface area contributed by atoms with E-state index >= 15 is 0 Å². The molecule has 1 amide bonds. The number of hydrogen-bond acceptors (Lipinski definition) is 3. The largest absolute Gasteiger partial charge is 0.389 e. The average molecular weight is 396 g/mol. The van der Waals surface area contributed by atoms with Gasteiger partial charge in [-0.05, 0) is 92.7 Å². The van der Waals surface area contributed by atoms with Crippen molar-refractivity contribution < 1.29 is 9.18 Å². The fourth-order valence-electron chi connectivity index (χ4n) is 6.37. The summed E-state index contributed by atoms with van der Waals surface area (Å²) in [6, 6.07) is 8.56. The molecule has 4 bridgehead atoms. The van der Waals surface area contributed by atoms with Crippen LogP contribution in [0.4, 0.5) is 4.39 Å². The van der Waals surface area contributed by atoms with Gasteiger partial charge in [0.05, 0.1) is 0 Å². The fourth-order valence-corrected chi connectivity index (χ4v) is 6.37. The van der Waals surface area contributed by atoms with Crippen molar-refractivity contribution in [1.29, 1.82) is 5.26 Å². The molecule has 1 atom stereocenters. The number of nitrogens with zero attached hydrogens (tertiary/aromatic N) is 1. The second-order valence-corrected chi connectivity index (χ2v) is 9.48. The summed E-state index contributed by atoms with van der Waals surface area (Å²) in [5, 5.41) is 15.6. The standard InChI is InChI=1S/C24H30FN3O/c1-16(24-11-18-7-19(12-24)9-20(8-18)13-24)28-23(29)21(14-26)15-27-6-5-17-3-2-4-22(25)10-17/h2-4,10,15-16,18-20,27H,5-9,11-13H2,1H3,(H,28,29)/b21-15-. The maximum atomic E-state index is 13.2. The van der Waals surface area contributed by atoms with E-state index in [9.17, 15) is 14.4 Å². The van der Waals surface area contributed by atoms with Crippen LogP contribution in [0.3, 0.4) is 0 Å². The van der Waals surface area contributed by atoms with Crippen LogP contribution >= 0.6 is 0 Å². The van der Waals surface area contributed by atoms with E-state index in [1.54, 1.807) is 6.07 Å². The summed E-state index contributed by atoms with van der Waals surface area (Å²) in [6.07, 6.45) is 9.89. The van der Waals surface area contributed by atoms with Crippen molar-refractivity contribution in [2.75, 3.05) is 6.54 Å². The number of benzene rings is 1. The molecule has 4 saturated carbocycles. The zero-order valence-corrected chi connectivity index (χ0v) is 17.1. The molecule has 0 aromatic heterocycles. The Morgan fingerprint density at radius 3 is 2.52 bits per heavy atom. The number of carbonyl (C=O) groups excluding carboxylic acids is 1. The first-order valence-electron chi connectivity index (χ1n) is 10.9. The number of amides is 1. The van der Waals surface area contributed by atoms with Crippen molar-refractivity contribution in [3.63, 3.8) is 0 Å². The van der Waals surface area contributed by atoms with Crippen molar-refractivity contribution in [3.8, 4) is 6.07 Å². The predicted octanol–water partition coefficient (Wildman–Crippen LogP) is 4.09. The summed E-state index contributed by atoms with van der Waals surface area (Å²) < 4.78 is 13.2. The summed E-state index contributed by atoms with van der Waals surface area (Å²) in [4.78, 5) is 12.7. The van der Waals surface area contributed by atoms with Crippen molar-refractivity contribution in [2.24, 2.45) is 23.2 Å². The third-order valence-electron chi connectivity index (χ3n) is 7.41. The van der Waals surface area contributed by atoms with Gasteiger partial charge in [0.2, 0.25) is 0 Å². The van der Waals surface area contributed by atoms with E-state index in [4.69, 9.17) is 0 Å². The van der Waals surface area contributed by atoms with Gasteiger partial charge in [-0.2, -0.15) is 5.26 Å². The van der Waals surface area contributed by atoms with Crippen LogP contribution < -0.4 is 10.6 Å². The minimum absolute atomic E-state index is 0.0902. The second-order valence-electron chi connectivity index (χ2n) is 9.48. The summed E-state index contributed by atoms with van der Waals surface area (Å²) in [5.41, 5.74) is 1.20. The van der Waals surface area contributed by atoms with Crippen molar-refractivity contribution in [3.05, 3.63) is 47.4 Å². The Balaban J connectivity index is 1.31. The minimum Gasteiger partial charge on any atom is -0.389 e. The van der Waals surface area contributed by atoms with E-state index in [0.717, 1.165) is 23.3 Å². The van der Waals surface area contributed by atoms with Crippen molar-refractivity contribution in [1.82, 2.24) is 10.6 Å². The van der Waals surface area contributed by atoms with Crippen molar-refractivity contribution in [2.45, 2.75) is 57.9 Å². The first-order valence-corrected chi connectivity index (χ1v) is 10.9. The van der Waals surface area contributed by atoms with Gasteiger partial charge in [-0.1, -0.05) is 12.1 Å². The highest BCUT2D eigenvalue weighted by Crippen LogP contribution is 2.61. The number of nitrogens with one attached hydrogen (secondary N) is 2. The molecule has 0 aliphatic heterocycles. The number of hydrogen-bond donors (Lipinski definition) is 2. The summed E-state index contributed by atoms with van der Waals surface area (Å²) in [5.74, 6) is 1.94. The van der Waals surface area contributed by atoms with Crippen LogP contribution in [-0.4, -0.2) is 18.5 Å². The van der Waals surface area contributed by atoms with Crippen LogP contribution in [0.25, 0.3) is 0 Å². The predicted molar refractivity (Wildman–Crippen MR) is 110 cm³/mol. The lowest BCUT2D eigenvalue weighted by Gasteiger charge is -2.59. The highest BCUT2D eigenvalue weighted by molar-refractivity contribution is 5.97. The molecule has 4 fully saturated rings. The molecule has 2 N–H and O–H groups in total. The fraction of sp³-hybridized carbons (Fsp3) is 0.583. The molecule has 4 nitrogen and oxygen atoms in total. The Morgan fingerprint density at radius 2 is 1.93 bits per heavy atom. The first kappa shape index (κ1) is 19.9. The quantitative estimate of drug-likeness (QED) is 0.415. The van der Waals surface area contributed by atoms with Gasteiger partial charge >= 0.3 is 0 Å². The van der Waals surface area contributed by atoms with Gasteiger partial charge in [-0.3, -0.25) is 4.79 Å². The molecule has 5 rings (SSSR count). The number of carbonyl (C=O) groups is 1. The maximum Gasteiger partial charge on any atom is 0.263 e. The smallest absolute Gasteiger partial charge is 0.263 e. The molecule has 0 saturated heterocycles. The molecule has 4 aliphatic carbocycles. The lowest BCUT2D eigenvalue weighted by atomic mass is 9.48. The summed E-state index contributed by atoms with van der Waals surface area (Å²) in [7, 11) is 0. The summed E-state index contributed by atoms with van der Waals surface area (Å²) in [6.45, 7) is 2.66. The minimum atomic E-state index is -0.297. The Hall–Kier alpha value is -2.35. The van der Waals surface area contributed by atoms with E-state index in [0.29, 0.717) is 13.0 Å². The molecule has 0 radical (unpaired) electrons. The molecule has 0 heterocycles. The third kappa shape index (κ3) is 4.32. The Morgan fingerprint density at radius 1 is 1.28 bits per heavy atom. The molecular formula is C24H30FN3O. The van der Waals surface area contributed by atoms with Gasteiger partial charge < -0.3 is 10.6 Å². The number of nitriles is 1. The van der Waals surface area contributed by atoms with Crippen LogP contribution in [0.15, 0.2) is 36.0 Å². The van der Waals surface area contributed by atoms with Crippen LogP contribution in [-0.2, 0) is 11.2 Å². The Bertz CT molecular complexity index is 805. The van der Waals surface area contributed by atoms with Gasteiger partial charge in [0, 0.05) is 18.8 Å². The van der Waals surface area contributed by atoms with Gasteiger partial charge in [-0.25, -0.2) is 4.39 Å². The molecule has 154 valence electrons. The molecule has 29 heavy (non-hydrogen) atoms. The Labute approximate surface area is 172 Å². The van der Waals surface area contributed by atoms with Crippen LogP contribution in [0.1, 0.15) is 51.0 Å². The van der Waals surface area contributed by atoms with Crippen LogP contribution in [0.2, 0.25) is 0 Å². The van der Waals surface area contributed by atoms with Crippen LogP contribution in [0, 0.1) is 40.3 Å². The molecule has 4 aliphatic rings. The molecule has 1 unspecified atom stereocenters. The van der Waals surface area contributed by atoms with E-state index in [-0.39, 0.29) is 28.8 Å². The van der Waals surface area contributed by atoms with Gasteiger partial charge in [0.15, 0.2) is 0 Å². The molecule has 1 aromatic rings. The molecule has 0 spiro atoms. The van der Waals surface area contributed by atoms with Gasteiger partial charge in [0.1, 0.15) is 17.5 Å². The summed E-state index contributed by atoms with van der Waals surface area (Å²) >= 11 is 0. The SMILES string of the molecule is CC(NC(=O)/C(C#N)=C\NCCc1cccc(F)c1)C12CC3CC(CC(C3)C1)C2. The normalized spacial score (nSPS) is 31.2. The van der Waals surface area contributed by atoms with E-state index in [1.165, 1.54) is 56.9 Å². The lowest BCUT2D eigenvalue weighted by molar-refractivity contribution is -0.122. The highest BCUT2D eigenvalue weighted by Gasteiger charge is 2.53.